The van der Waals surface area contributed by atoms with Crippen molar-refractivity contribution in [3.8, 4) is 0 Å². The molecule has 0 aliphatic carbocycles. The van der Waals surface area contributed by atoms with Crippen LogP contribution >= 0.6 is 0 Å². The molecule has 0 unspecified atom stereocenters. The van der Waals surface area contributed by atoms with Gasteiger partial charge in [0.25, 0.3) is 0 Å². The number of sulfonamides is 1. The number of carbonyl (C=O) groups is 2. The smallest absolute Gasteiger partial charge is 0.244 e. The van der Waals surface area contributed by atoms with Crippen molar-refractivity contribution in [1.29, 1.82) is 0 Å². The molecule has 0 fully saturated rings. The van der Waals surface area contributed by atoms with Gasteiger partial charge in [0.2, 0.25) is 21.8 Å². The number of hydrogen-bond donors (Lipinski definition) is 1. The first-order chi connectivity index (χ1) is 15.6. The highest BCUT2D eigenvalue weighted by atomic mass is 32.2. The van der Waals surface area contributed by atoms with Crippen LogP contribution in [0.4, 0.5) is 10.1 Å². The number of carbonyl (C=O) groups excluding carboxylic acids is 2. The number of rotatable bonds is 11. The molecule has 33 heavy (non-hydrogen) atoms. The highest BCUT2D eigenvalue weighted by Gasteiger charge is 2.32. The molecular formula is C24H32FN3O4S. The molecule has 2 aromatic rings. The van der Waals surface area contributed by atoms with Crippen LogP contribution in [0.1, 0.15) is 37.8 Å². The molecule has 180 valence electrons. The minimum absolute atomic E-state index is 0.123. The predicted molar refractivity (Wildman–Crippen MR) is 128 cm³/mol. The SMILES string of the molecule is CCCNC(=O)[C@@H](CC)N(Cc1ccccc1C)C(=O)CN(c1ccccc1F)S(C)(=O)=O. The number of amides is 2. The first-order valence-electron chi connectivity index (χ1n) is 10.9. The van der Waals surface area contributed by atoms with E-state index in [4.69, 9.17) is 0 Å². The fourth-order valence-electron chi connectivity index (χ4n) is 3.51. The van der Waals surface area contributed by atoms with Gasteiger partial charge in [-0.05, 0) is 43.0 Å². The Morgan fingerprint density at radius 1 is 1.06 bits per heavy atom. The van der Waals surface area contributed by atoms with Gasteiger partial charge in [-0.1, -0.05) is 50.2 Å². The Hall–Kier alpha value is -2.94. The van der Waals surface area contributed by atoms with Crippen LogP contribution in [0, 0.1) is 12.7 Å². The second kappa shape index (κ2) is 11.8. The second-order valence-corrected chi connectivity index (χ2v) is 9.79. The lowest BCUT2D eigenvalue weighted by Crippen LogP contribution is -2.52. The fraction of sp³-hybridized carbons (Fsp3) is 0.417. The minimum Gasteiger partial charge on any atom is -0.354 e. The summed E-state index contributed by atoms with van der Waals surface area (Å²) in [7, 11) is -3.97. The number of nitrogens with zero attached hydrogens (tertiary/aromatic N) is 2. The van der Waals surface area contributed by atoms with Crippen molar-refractivity contribution in [2.75, 3.05) is 23.7 Å². The third-order valence-electron chi connectivity index (χ3n) is 5.34. The molecule has 0 aromatic heterocycles. The van der Waals surface area contributed by atoms with Crippen LogP contribution in [0.2, 0.25) is 0 Å². The van der Waals surface area contributed by atoms with E-state index < -0.39 is 34.3 Å². The second-order valence-electron chi connectivity index (χ2n) is 7.88. The van der Waals surface area contributed by atoms with Gasteiger partial charge in [0.15, 0.2) is 0 Å². The molecule has 2 amide bonds. The highest BCUT2D eigenvalue weighted by Crippen LogP contribution is 2.23. The number of aryl methyl sites for hydroxylation is 1. The van der Waals surface area contributed by atoms with Gasteiger partial charge in [0.1, 0.15) is 18.4 Å². The first kappa shape index (κ1) is 26.3. The summed E-state index contributed by atoms with van der Waals surface area (Å²) in [5, 5.41) is 2.82. The van der Waals surface area contributed by atoms with E-state index in [0.29, 0.717) is 13.0 Å². The maximum absolute atomic E-state index is 14.4. The lowest BCUT2D eigenvalue weighted by atomic mass is 10.1. The molecular weight excluding hydrogens is 445 g/mol. The zero-order valence-electron chi connectivity index (χ0n) is 19.5. The van der Waals surface area contributed by atoms with Gasteiger partial charge in [-0.25, -0.2) is 12.8 Å². The normalized spacial score (nSPS) is 12.2. The number of anilines is 1. The van der Waals surface area contributed by atoms with Gasteiger partial charge in [-0.2, -0.15) is 0 Å². The van der Waals surface area contributed by atoms with Crippen molar-refractivity contribution in [2.24, 2.45) is 0 Å². The molecule has 1 N–H and O–H groups in total. The highest BCUT2D eigenvalue weighted by molar-refractivity contribution is 7.92. The Morgan fingerprint density at radius 3 is 2.27 bits per heavy atom. The first-order valence-corrected chi connectivity index (χ1v) is 12.8. The van der Waals surface area contributed by atoms with Crippen molar-refractivity contribution in [1.82, 2.24) is 10.2 Å². The third kappa shape index (κ3) is 7.02. The number of benzene rings is 2. The number of halogens is 1. The largest absolute Gasteiger partial charge is 0.354 e. The zero-order valence-corrected chi connectivity index (χ0v) is 20.4. The molecule has 9 heteroatoms. The molecule has 2 rings (SSSR count). The lowest BCUT2D eigenvalue weighted by molar-refractivity contribution is -0.140. The molecule has 2 aromatic carbocycles. The summed E-state index contributed by atoms with van der Waals surface area (Å²) in [4.78, 5) is 27.7. The Morgan fingerprint density at radius 2 is 1.70 bits per heavy atom. The monoisotopic (exact) mass is 477 g/mol. The zero-order chi connectivity index (χ0) is 24.6. The van der Waals surface area contributed by atoms with Crippen LogP contribution in [-0.2, 0) is 26.2 Å². The van der Waals surface area contributed by atoms with E-state index in [1.54, 1.807) is 6.92 Å². The van der Waals surface area contributed by atoms with Crippen molar-refractivity contribution >= 4 is 27.5 Å². The van der Waals surface area contributed by atoms with Crippen LogP contribution in [0.3, 0.4) is 0 Å². The average molecular weight is 478 g/mol. The lowest BCUT2D eigenvalue weighted by Gasteiger charge is -2.33. The molecule has 0 spiro atoms. The Bertz CT molecular complexity index is 1070. The summed E-state index contributed by atoms with van der Waals surface area (Å²) < 4.78 is 40.1. The van der Waals surface area contributed by atoms with E-state index in [9.17, 15) is 22.4 Å². The molecule has 0 bridgehead atoms. The summed E-state index contributed by atoms with van der Waals surface area (Å²) in [5.41, 5.74) is 1.56. The standard InChI is InChI=1S/C24H32FN3O4S/c1-5-15-26-24(30)21(6-2)27(16-19-12-8-7-11-18(19)3)23(29)17-28(33(4,31)32)22-14-10-9-13-20(22)25/h7-14,21H,5-6,15-17H2,1-4H3,(H,26,30)/t21-/m1/s1. The Balaban J connectivity index is 2.45. The molecule has 0 saturated carbocycles. The maximum Gasteiger partial charge on any atom is 0.244 e. The van der Waals surface area contributed by atoms with E-state index in [1.165, 1.54) is 23.1 Å². The van der Waals surface area contributed by atoms with Gasteiger partial charge in [-0.15, -0.1) is 0 Å². The summed E-state index contributed by atoms with van der Waals surface area (Å²) in [6.07, 6.45) is 2.00. The summed E-state index contributed by atoms with van der Waals surface area (Å²) in [5.74, 6) is -1.66. The van der Waals surface area contributed by atoms with Crippen LogP contribution in [0.5, 0.6) is 0 Å². The third-order valence-corrected chi connectivity index (χ3v) is 6.46. The van der Waals surface area contributed by atoms with Crippen LogP contribution in [0.15, 0.2) is 48.5 Å². The van der Waals surface area contributed by atoms with E-state index in [0.717, 1.165) is 34.2 Å². The van der Waals surface area contributed by atoms with Crippen LogP contribution in [-0.4, -0.2) is 50.5 Å². The van der Waals surface area contributed by atoms with E-state index in [-0.39, 0.29) is 18.1 Å². The van der Waals surface area contributed by atoms with Gasteiger partial charge in [-0.3, -0.25) is 13.9 Å². The molecule has 1 atom stereocenters. The van der Waals surface area contributed by atoms with Crippen molar-refractivity contribution in [2.45, 2.75) is 46.2 Å². The molecule has 0 saturated heterocycles. The summed E-state index contributed by atoms with van der Waals surface area (Å²) >= 11 is 0. The number of nitrogens with one attached hydrogen (secondary N) is 1. The molecule has 0 aliphatic heterocycles. The van der Waals surface area contributed by atoms with E-state index in [2.05, 4.69) is 5.32 Å². The quantitative estimate of drug-likeness (QED) is 0.538. The van der Waals surface area contributed by atoms with Crippen molar-refractivity contribution < 1.29 is 22.4 Å². The van der Waals surface area contributed by atoms with Crippen molar-refractivity contribution in [3.05, 3.63) is 65.5 Å². The molecule has 0 aliphatic rings. The van der Waals surface area contributed by atoms with E-state index >= 15 is 0 Å². The molecule has 7 nitrogen and oxygen atoms in total. The van der Waals surface area contributed by atoms with Gasteiger partial charge >= 0.3 is 0 Å². The van der Waals surface area contributed by atoms with Gasteiger partial charge in [0, 0.05) is 13.1 Å². The topological polar surface area (TPSA) is 86.8 Å². The summed E-state index contributed by atoms with van der Waals surface area (Å²) in [6, 6.07) is 12.1. The van der Waals surface area contributed by atoms with Crippen molar-refractivity contribution in [3.63, 3.8) is 0 Å². The predicted octanol–water partition coefficient (Wildman–Crippen LogP) is 3.23. The minimum atomic E-state index is -3.97. The number of para-hydroxylation sites is 1. The molecule has 0 heterocycles. The number of hydrogen-bond acceptors (Lipinski definition) is 4. The molecule has 0 radical (unpaired) electrons. The van der Waals surface area contributed by atoms with Gasteiger partial charge in [0.05, 0.1) is 11.9 Å². The summed E-state index contributed by atoms with van der Waals surface area (Å²) in [6.45, 7) is 5.59. The van der Waals surface area contributed by atoms with Crippen LogP contribution in [0.25, 0.3) is 0 Å². The fourth-order valence-corrected chi connectivity index (χ4v) is 4.36. The average Bonchev–Trinajstić information content (AvgIpc) is 2.76. The Kier molecular flexibility index (Phi) is 9.40. The maximum atomic E-state index is 14.4. The Labute approximate surface area is 195 Å². The van der Waals surface area contributed by atoms with Gasteiger partial charge < -0.3 is 10.2 Å². The van der Waals surface area contributed by atoms with E-state index in [1.807, 2.05) is 38.1 Å². The van der Waals surface area contributed by atoms with Crippen LogP contribution < -0.4 is 9.62 Å².